The first kappa shape index (κ1) is 23.2. The molecule has 2 heterocycles. The number of anilines is 2. The van der Waals surface area contributed by atoms with Gasteiger partial charge in [0, 0.05) is 63.7 Å². The maximum absolute atomic E-state index is 12.2. The van der Waals surface area contributed by atoms with Gasteiger partial charge in [0.1, 0.15) is 5.60 Å². The van der Waals surface area contributed by atoms with Crippen LogP contribution in [0.3, 0.4) is 0 Å². The van der Waals surface area contributed by atoms with E-state index < -0.39 is 5.60 Å². The van der Waals surface area contributed by atoms with E-state index >= 15 is 0 Å². The van der Waals surface area contributed by atoms with E-state index in [4.69, 9.17) is 4.74 Å². The number of benzene rings is 1. The highest BCUT2D eigenvalue weighted by Gasteiger charge is 2.25. The van der Waals surface area contributed by atoms with Gasteiger partial charge in [-0.15, -0.1) is 0 Å². The molecule has 0 bridgehead atoms. The van der Waals surface area contributed by atoms with Gasteiger partial charge in [-0.25, -0.2) is 9.59 Å². The number of ether oxygens (including phenoxy) is 1. The lowest BCUT2D eigenvalue weighted by molar-refractivity contribution is 0.0147. The minimum Gasteiger partial charge on any atom is -0.444 e. The van der Waals surface area contributed by atoms with E-state index in [1.165, 1.54) is 24.9 Å². The Morgan fingerprint density at radius 2 is 1.58 bits per heavy atom. The molecule has 0 aliphatic carbocycles. The molecule has 0 atom stereocenters. The van der Waals surface area contributed by atoms with Gasteiger partial charge in [-0.1, -0.05) is 0 Å². The second-order valence-corrected chi connectivity index (χ2v) is 9.28. The van der Waals surface area contributed by atoms with E-state index in [-0.39, 0.29) is 12.1 Å². The summed E-state index contributed by atoms with van der Waals surface area (Å²) < 4.78 is 5.42. The average Bonchev–Trinajstić information content (AvgIpc) is 2.74. The van der Waals surface area contributed by atoms with Crippen molar-refractivity contribution in [3.05, 3.63) is 24.3 Å². The van der Waals surface area contributed by atoms with Crippen LogP contribution in [0.4, 0.5) is 21.0 Å². The summed E-state index contributed by atoms with van der Waals surface area (Å²) in [6.45, 7) is 12.0. The summed E-state index contributed by atoms with van der Waals surface area (Å²) >= 11 is 0. The highest BCUT2D eigenvalue weighted by atomic mass is 16.6. The predicted octanol–water partition coefficient (Wildman–Crippen LogP) is 3.35. The largest absolute Gasteiger partial charge is 0.444 e. The predicted molar refractivity (Wildman–Crippen MR) is 124 cm³/mol. The van der Waals surface area contributed by atoms with Gasteiger partial charge in [0.15, 0.2) is 0 Å². The molecule has 0 saturated carbocycles. The molecule has 3 rings (SSSR count). The molecule has 3 amide bonds. The molecule has 0 spiro atoms. The Bertz CT molecular complexity index is 718. The molecule has 1 aromatic carbocycles. The number of carbonyl (C=O) groups is 2. The van der Waals surface area contributed by atoms with E-state index in [0.29, 0.717) is 19.6 Å². The van der Waals surface area contributed by atoms with Crippen molar-refractivity contribution in [3.63, 3.8) is 0 Å². The van der Waals surface area contributed by atoms with E-state index in [1.807, 2.05) is 32.9 Å². The number of urea groups is 1. The van der Waals surface area contributed by atoms with Crippen molar-refractivity contribution in [2.24, 2.45) is 0 Å². The first-order valence-corrected chi connectivity index (χ1v) is 11.4. The Balaban J connectivity index is 1.32. The summed E-state index contributed by atoms with van der Waals surface area (Å²) in [5.41, 5.74) is 1.54. The highest BCUT2D eigenvalue weighted by Crippen LogP contribution is 2.21. The number of rotatable bonds is 5. The summed E-state index contributed by atoms with van der Waals surface area (Å²) in [7, 11) is 0. The van der Waals surface area contributed by atoms with Gasteiger partial charge >= 0.3 is 12.1 Å². The van der Waals surface area contributed by atoms with Crippen LogP contribution >= 0.6 is 0 Å². The van der Waals surface area contributed by atoms with Crippen LogP contribution in [0.15, 0.2) is 24.3 Å². The first-order valence-electron chi connectivity index (χ1n) is 11.4. The van der Waals surface area contributed by atoms with Crippen LogP contribution in [0, 0.1) is 0 Å². The molecule has 31 heavy (non-hydrogen) atoms. The molecule has 2 aliphatic rings. The molecule has 2 N–H and O–H groups in total. The lowest BCUT2D eigenvalue weighted by Crippen LogP contribution is -2.51. The van der Waals surface area contributed by atoms with Crippen molar-refractivity contribution in [1.29, 1.82) is 0 Å². The van der Waals surface area contributed by atoms with Gasteiger partial charge < -0.3 is 25.2 Å². The molecule has 0 unspecified atom stereocenters. The number of hydrogen-bond donors (Lipinski definition) is 2. The zero-order valence-corrected chi connectivity index (χ0v) is 19.2. The van der Waals surface area contributed by atoms with E-state index in [2.05, 4.69) is 32.6 Å². The van der Waals surface area contributed by atoms with E-state index in [0.717, 1.165) is 38.4 Å². The molecule has 8 nitrogen and oxygen atoms in total. The van der Waals surface area contributed by atoms with Crippen molar-refractivity contribution in [2.45, 2.75) is 45.6 Å². The molecular formula is C23H37N5O3. The lowest BCUT2D eigenvalue weighted by Gasteiger charge is -2.35. The van der Waals surface area contributed by atoms with E-state index in [9.17, 15) is 9.59 Å². The molecule has 0 aromatic heterocycles. The number of hydrogen-bond acceptors (Lipinski definition) is 5. The molecule has 8 heteroatoms. The van der Waals surface area contributed by atoms with Crippen LogP contribution < -0.4 is 15.5 Å². The van der Waals surface area contributed by atoms with Gasteiger partial charge in [0.2, 0.25) is 0 Å². The van der Waals surface area contributed by atoms with Crippen molar-refractivity contribution >= 4 is 23.5 Å². The van der Waals surface area contributed by atoms with Crippen molar-refractivity contribution < 1.29 is 14.3 Å². The number of nitrogens with one attached hydrogen (secondary N) is 2. The summed E-state index contributed by atoms with van der Waals surface area (Å²) in [4.78, 5) is 30.7. The molecule has 2 saturated heterocycles. The number of amides is 3. The Kier molecular flexibility index (Phi) is 8.01. The smallest absolute Gasteiger partial charge is 0.410 e. The van der Waals surface area contributed by atoms with E-state index in [1.54, 1.807) is 4.90 Å². The monoisotopic (exact) mass is 431 g/mol. The lowest BCUT2D eigenvalue weighted by atomic mass is 10.1. The SMILES string of the molecule is CC(C)(C)OC(=O)N1CCN(CCNC(=O)Nc2ccc(N3CCCCC3)cc2)CC1. The quantitative estimate of drug-likeness (QED) is 0.748. The molecule has 0 radical (unpaired) electrons. The summed E-state index contributed by atoms with van der Waals surface area (Å²) in [5.74, 6) is 0. The fourth-order valence-electron chi connectivity index (χ4n) is 3.89. The first-order chi connectivity index (χ1) is 14.8. The van der Waals surface area contributed by atoms with Crippen LogP contribution in [-0.2, 0) is 4.74 Å². The second kappa shape index (κ2) is 10.7. The van der Waals surface area contributed by atoms with Crippen LogP contribution in [0.25, 0.3) is 0 Å². The average molecular weight is 432 g/mol. The highest BCUT2D eigenvalue weighted by molar-refractivity contribution is 5.89. The third-order valence-corrected chi connectivity index (χ3v) is 5.58. The fraction of sp³-hybridized carbons (Fsp3) is 0.652. The molecule has 2 fully saturated rings. The van der Waals surface area contributed by atoms with Crippen LogP contribution in [-0.4, -0.2) is 79.9 Å². The zero-order valence-electron chi connectivity index (χ0n) is 19.2. The van der Waals surface area contributed by atoms with Crippen molar-refractivity contribution in [2.75, 3.05) is 62.6 Å². The van der Waals surface area contributed by atoms with Gasteiger partial charge in [-0.05, 0) is 64.3 Å². The van der Waals surface area contributed by atoms with Crippen LogP contribution in [0.1, 0.15) is 40.0 Å². The van der Waals surface area contributed by atoms with Crippen molar-refractivity contribution in [1.82, 2.24) is 15.1 Å². The Morgan fingerprint density at radius 3 is 2.19 bits per heavy atom. The molecule has 1 aromatic rings. The molecule has 2 aliphatic heterocycles. The summed E-state index contributed by atoms with van der Waals surface area (Å²) in [6, 6.07) is 7.87. The maximum atomic E-state index is 12.2. The second-order valence-electron chi connectivity index (χ2n) is 9.28. The van der Waals surface area contributed by atoms with Crippen molar-refractivity contribution in [3.8, 4) is 0 Å². The van der Waals surface area contributed by atoms with Gasteiger partial charge in [-0.2, -0.15) is 0 Å². The number of carbonyl (C=O) groups excluding carboxylic acids is 2. The minimum absolute atomic E-state index is 0.196. The zero-order chi connectivity index (χ0) is 22.3. The third-order valence-electron chi connectivity index (χ3n) is 5.58. The molecular weight excluding hydrogens is 394 g/mol. The minimum atomic E-state index is -0.473. The topological polar surface area (TPSA) is 77.1 Å². The Morgan fingerprint density at radius 1 is 0.935 bits per heavy atom. The number of piperidine rings is 1. The van der Waals surface area contributed by atoms with Gasteiger partial charge in [0.25, 0.3) is 0 Å². The standard InChI is InChI=1S/C23H37N5O3/c1-23(2,3)31-22(30)28-17-15-26(16-18-28)14-11-24-21(29)25-19-7-9-20(10-8-19)27-12-5-4-6-13-27/h7-10H,4-6,11-18H2,1-3H3,(H2,24,25,29). The number of piperazine rings is 1. The van der Waals surface area contributed by atoms with Gasteiger partial charge in [-0.3, -0.25) is 4.90 Å². The Labute approximate surface area is 185 Å². The normalized spacial score (nSPS) is 17.9. The summed E-state index contributed by atoms with van der Waals surface area (Å²) in [5, 5.41) is 5.81. The Hall–Kier alpha value is -2.48. The van der Waals surface area contributed by atoms with Gasteiger partial charge in [0.05, 0.1) is 0 Å². The fourth-order valence-corrected chi connectivity index (χ4v) is 3.89. The third kappa shape index (κ3) is 7.61. The van der Waals surface area contributed by atoms with Crippen LogP contribution in [0.5, 0.6) is 0 Å². The number of nitrogens with zero attached hydrogens (tertiary/aromatic N) is 3. The maximum Gasteiger partial charge on any atom is 0.410 e. The summed E-state index contributed by atoms with van der Waals surface area (Å²) in [6.07, 6.45) is 3.56. The van der Waals surface area contributed by atoms with Crippen LogP contribution in [0.2, 0.25) is 0 Å². The molecule has 172 valence electrons.